The molecule has 0 aromatic heterocycles. The van der Waals surface area contributed by atoms with Gasteiger partial charge in [0, 0.05) is 12.1 Å². The standard InChI is InChI=1S/C22H19F2N3O4S2/c1-32(28,29)26-19-11-7-15(8-12-19)21-14-22(16-5-9-17(23)10-6-16)27(25-21)33(30,31)20-4-2-3-18(24)13-20/h2-13,22,26H,14H2,1H3/t22-/m1/s1. The Morgan fingerprint density at radius 2 is 1.58 bits per heavy atom. The number of halogens is 2. The van der Waals surface area contributed by atoms with E-state index in [1.807, 2.05) is 0 Å². The van der Waals surface area contributed by atoms with Gasteiger partial charge in [-0.1, -0.05) is 30.3 Å². The summed E-state index contributed by atoms with van der Waals surface area (Å²) in [7, 11) is -7.67. The number of nitrogens with one attached hydrogen (secondary N) is 1. The van der Waals surface area contributed by atoms with E-state index in [1.54, 1.807) is 12.1 Å². The first-order chi connectivity index (χ1) is 15.5. The van der Waals surface area contributed by atoms with Crippen molar-refractivity contribution in [2.45, 2.75) is 17.4 Å². The van der Waals surface area contributed by atoms with Gasteiger partial charge in [0.15, 0.2) is 0 Å². The van der Waals surface area contributed by atoms with Gasteiger partial charge in [-0.2, -0.15) is 17.9 Å². The van der Waals surface area contributed by atoms with Gasteiger partial charge in [-0.05, 0) is 53.6 Å². The molecule has 0 unspecified atom stereocenters. The molecular formula is C22H19F2N3O4S2. The second-order valence-electron chi connectivity index (χ2n) is 7.50. The molecule has 1 atom stereocenters. The quantitative estimate of drug-likeness (QED) is 0.566. The van der Waals surface area contributed by atoms with E-state index in [4.69, 9.17) is 0 Å². The van der Waals surface area contributed by atoms with Crippen LogP contribution in [0.15, 0.2) is 82.8 Å². The summed E-state index contributed by atoms with van der Waals surface area (Å²) in [5, 5.41) is 4.33. The largest absolute Gasteiger partial charge is 0.284 e. The third-order valence-corrected chi connectivity index (χ3v) is 7.27. The molecule has 0 saturated heterocycles. The second-order valence-corrected chi connectivity index (χ2v) is 11.0. The first-order valence-corrected chi connectivity index (χ1v) is 13.1. The summed E-state index contributed by atoms with van der Waals surface area (Å²) < 4.78 is 79.9. The smallest absolute Gasteiger partial charge is 0.279 e. The summed E-state index contributed by atoms with van der Waals surface area (Å²) in [4.78, 5) is -0.257. The number of sulfonamides is 2. The molecule has 0 fully saturated rings. The molecule has 11 heteroatoms. The van der Waals surface area contributed by atoms with Gasteiger partial charge in [-0.3, -0.25) is 4.72 Å². The summed E-state index contributed by atoms with van der Waals surface area (Å²) >= 11 is 0. The lowest BCUT2D eigenvalue weighted by atomic mass is 9.99. The summed E-state index contributed by atoms with van der Waals surface area (Å²) in [5.74, 6) is -1.17. The molecule has 3 aromatic carbocycles. The molecule has 1 heterocycles. The highest BCUT2D eigenvalue weighted by molar-refractivity contribution is 7.92. The van der Waals surface area contributed by atoms with Crippen molar-refractivity contribution in [1.82, 2.24) is 4.41 Å². The van der Waals surface area contributed by atoms with Crippen molar-refractivity contribution in [3.05, 3.63) is 95.6 Å². The summed E-state index contributed by atoms with van der Waals surface area (Å²) in [5.41, 5.74) is 1.87. The van der Waals surface area contributed by atoms with Crippen molar-refractivity contribution in [2.75, 3.05) is 11.0 Å². The van der Waals surface area contributed by atoms with Crippen LogP contribution in [0.25, 0.3) is 0 Å². The summed E-state index contributed by atoms with van der Waals surface area (Å²) in [6.07, 6.45) is 1.21. The molecule has 3 aromatic rings. The lowest BCUT2D eigenvalue weighted by Crippen LogP contribution is -2.27. The van der Waals surface area contributed by atoms with Crippen LogP contribution in [-0.2, 0) is 20.0 Å². The third-order valence-electron chi connectivity index (χ3n) is 4.99. The molecule has 33 heavy (non-hydrogen) atoms. The monoisotopic (exact) mass is 491 g/mol. The second kappa shape index (κ2) is 8.56. The van der Waals surface area contributed by atoms with Crippen LogP contribution in [0.1, 0.15) is 23.6 Å². The predicted molar refractivity (Wildman–Crippen MR) is 121 cm³/mol. The summed E-state index contributed by atoms with van der Waals surface area (Å²) in [6, 6.07) is 15.6. The zero-order valence-electron chi connectivity index (χ0n) is 17.3. The Kier molecular flexibility index (Phi) is 5.93. The number of hydrogen-bond acceptors (Lipinski definition) is 5. The Hall–Kier alpha value is -3.31. The molecule has 0 bridgehead atoms. The average molecular weight is 492 g/mol. The van der Waals surface area contributed by atoms with E-state index >= 15 is 0 Å². The average Bonchev–Trinajstić information content (AvgIpc) is 3.20. The van der Waals surface area contributed by atoms with Gasteiger partial charge in [0.25, 0.3) is 10.0 Å². The Morgan fingerprint density at radius 1 is 0.909 bits per heavy atom. The van der Waals surface area contributed by atoms with Crippen LogP contribution < -0.4 is 4.72 Å². The van der Waals surface area contributed by atoms with E-state index < -0.39 is 37.7 Å². The van der Waals surface area contributed by atoms with Crippen LogP contribution in [0, 0.1) is 11.6 Å². The maximum absolute atomic E-state index is 13.7. The van der Waals surface area contributed by atoms with E-state index in [1.165, 1.54) is 48.5 Å². The third kappa shape index (κ3) is 5.04. The first kappa shape index (κ1) is 22.9. The fourth-order valence-corrected chi connectivity index (χ4v) is 5.53. The van der Waals surface area contributed by atoms with Gasteiger partial charge < -0.3 is 0 Å². The lowest BCUT2D eigenvalue weighted by molar-refractivity contribution is 0.371. The van der Waals surface area contributed by atoms with E-state index in [-0.39, 0.29) is 11.3 Å². The van der Waals surface area contributed by atoms with E-state index in [0.29, 0.717) is 22.5 Å². The predicted octanol–water partition coefficient (Wildman–Crippen LogP) is 3.88. The number of hydrazone groups is 1. The fraction of sp³-hybridized carbons (Fsp3) is 0.136. The minimum absolute atomic E-state index is 0.180. The minimum Gasteiger partial charge on any atom is -0.284 e. The van der Waals surface area contributed by atoms with Crippen LogP contribution >= 0.6 is 0 Å². The van der Waals surface area contributed by atoms with E-state index in [2.05, 4.69) is 9.82 Å². The highest BCUT2D eigenvalue weighted by Gasteiger charge is 2.37. The maximum atomic E-state index is 13.7. The Balaban J connectivity index is 1.74. The Bertz CT molecular complexity index is 1420. The molecular weight excluding hydrogens is 472 g/mol. The van der Waals surface area contributed by atoms with Crippen LogP contribution in [-0.4, -0.2) is 33.2 Å². The van der Waals surface area contributed by atoms with Gasteiger partial charge in [-0.15, -0.1) is 0 Å². The van der Waals surface area contributed by atoms with Crippen LogP contribution in [0.2, 0.25) is 0 Å². The summed E-state index contributed by atoms with van der Waals surface area (Å²) in [6.45, 7) is 0. The SMILES string of the molecule is CS(=O)(=O)Nc1ccc(C2=NN(S(=O)(=O)c3cccc(F)c3)[C@@H](c3ccc(F)cc3)C2)cc1. The molecule has 1 N–H and O–H groups in total. The number of rotatable bonds is 6. The lowest BCUT2D eigenvalue weighted by Gasteiger charge is -2.23. The number of benzene rings is 3. The first-order valence-electron chi connectivity index (χ1n) is 9.74. The topological polar surface area (TPSA) is 95.9 Å². The number of hydrogen-bond donors (Lipinski definition) is 1. The molecule has 0 aliphatic carbocycles. The van der Waals surface area contributed by atoms with Gasteiger partial charge in [0.2, 0.25) is 10.0 Å². The van der Waals surface area contributed by atoms with Gasteiger partial charge >= 0.3 is 0 Å². The Labute approximate surface area is 190 Å². The van der Waals surface area contributed by atoms with Gasteiger partial charge in [0.05, 0.1) is 22.9 Å². The molecule has 1 aliphatic heterocycles. The molecule has 1 aliphatic rings. The molecule has 4 rings (SSSR count). The zero-order chi connectivity index (χ0) is 23.8. The highest BCUT2D eigenvalue weighted by Crippen LogP contribution is 2.37. The van der Waals surface area contributed by atoms with E-state index in [0.717, 1.165) is 22.8 Å². The van der Waals surface area contributed by atoms with Gasteiger partial charge in [0.1, 0.15) is 11.6 Å². The fourth-order valence-electron chi connectivity index (χ4n) is 3.50. The van der Waals surface area contributed by atoms with Crippen LogP contribution in [0.5, 0.6) is 0 Å². The van der Waals surface area contributed by atoms with E-state index in [9.17, 15) is 25.6 Å². The normalized spacial score (nSPS) is 16.5. The zero-order valence-corrected chi connectivity index (χ0v) is 18.9. The number of nitrogens with zero attached hydrogens (tertiary/aromatic N) is 2. The van der Waals surface area contributed by atoms with Crippen molar-refractivity contribution in [3.63, 3.8) is 0 Å². The van der Waals surface area contributed by atoms with Crippen LogP contribution in [0.4, 0.5) is 14.5 Å². The molecule has 0 amide bonds. The van der Waals surface area contributed by atoms with Crippen molar-refractivity contribution >= 4 is 31.4 Å². The van der Waals surface area contributed by atoms with Crippen molar-refractivity contribution < 1.29 is 25.6 Å². The maximum Gasteiger partial charge on any atom is 0.279 e. The van der Waals surface area contributed by atoms with Gasteiger partial charge in [-0.25, -0.2) is 17.2 Å². The molecule has 0 spiro atoms. The van der Waals surface area contributed by atoms with Crippen molar-refractivity contribution in [2.24, 2.45) is 5.10 Å². The number of anilines is 1. The molecule has 0 radical (unpaired) electrons. The van der Waals surface area contributed by atoms with Crippen molar-refractivity contribution in [3.8, 4) is 0 Å². The highest BCUT2D eigenvalue weighted by atomic mass is 32.2. The molecule has 7 nitrogen and oxygen atoms in total. The Morgan fingerprint density at radius 3 is 2.18 bits per heavy atom. The molecule has 172 valence electrons. The minimum atomic E-state index is -4.22. The molecule has 0 saturated carbocycles. The van der Waals surface area contributed by atoms with Crippen LogP contribution in [0.3, 0.4) is 0 Å². The van der Waals surface area contributed by atoms with Crippen molar-refractivity contribution in [1.29, 1.82) is 0 Å².